The average molecular weight is 261 g/mol. The predicted octanol–water partition coefficient (Wildman–Crippen LogP) is 1.14. The van der Waals surface area contributed by atoms with Crippen molar-refractivity contribution >= 4 is 5.91 Å². The van der Waals surface area contributed by atoms with Gasteiger partial charge in [0.1, 0.15) is 6.61 Å². The molecule has 0 aliphatic carbocycles. The Hall–Kier alpha value is -1.83. The van der Waals surface area contributed by atoms with Gasteiger partial charge in [-0.25, -0.2) is 0 Å². The lowest BCUT2D eigenvalue weighted by Gasteiger charge is -2.17. The second-order valence-electron chi connectivity index (χ2n) is 4.11. The maximum absolute atomic E-state index is 12.2. The number of nitrogens with zero attached hydrogens (tertiary/aromatic N) is 1. The van der Waals surface area contributed by atoms with Crippen molar-refractivity contribution in [2.45, 2.75) is 6.42 Å². The Labute approximate surface area is 114 Å². The SMILES string of the molecule is COCCCN(C)C(=O)c1cccc(C#CCO)c1. The molecular formula is C15H19NO3. The number of amides is 1. The monoisotopic (exact) mass is 261 g/mol. The molecule has 0 bridgehead atoms. The molecule has 0 aliphatic heterocycles. The lowest BCUT2D eigenvalue weighted by molar-refractivity contribution is 0.0779. The molecule has 0 atom stereocenters. The van der Waals surface area contributed by atoms with Crippen molar-refractivity contribution < 1.29 is 14.6 Å². The third-order valence-electron chi connectivity index (χ3n) is 2.61. The van der Waals surface area contributed by atoms with E-state index in [9.17, 15) is 4.79 Å². The molecule has 0 aromatic heterocycles. The molecule has 0 aliphatic rings. The maximum atomic E-state index is 12.2. The summed E-state index contributed by atoms with van der Waals surface area (Å²) >= 11 is 0. The van der Waals surface area contributed by atoms with Crippen LogP contribution in [0.1, 0.15) is 22.3 Å². The quantitative estimate of drug-likeness (QED) is 0.639. The minimum atomic E-state index is -0.185. The standard InChI is InChI=1S/C15H19NO3/c1-16(9-5-11-19-2)15(18)14-8-3-6-13(12-14)7-4-10-17/h3,6,8,12,17H,5,9-11H2,1-2H3. The molecule has 0 spiro atoms. The second kappa shape index (κ2) is 8.30. The number of methoxy groups -OCH3 is 1. The van der Waals surface area contributed by atoms with Gasteiger partial charge >= 0.3 is 0 Å². The van der Waals surface area contributed by atoms with E-state index in [-0.39, 0.29) is 12.5 Å². The molecule has 0 radical (unpaired) electrons. The van der Waals surface area contributed by atoms with Crippen LogP contribution in [0, 0.1) is 11.8 Å². The van der Waals surface area contributed by atoms with Crippen LogP contribution in [0.4, 0.5) is 0 Å². The van der Waals surface area contributed by atoms with Crippen LogP contribution < -0.4 is 0 Å². The Morgan fingerprint density at radius 2 is 2.26 bits per heavy atom. The molecule has 0 unspecified atom stereocenters. The molecule has 1 amide bonds. The zero-order chi connectivity index (χ0) is 14.1. The van der Waals surface area contributed by atoms with E-state index in [2.05, 4.69) is 11.8 Å². The molecule has 0 saturated carbocycles. The van der Waals surface area contributed by atoms with Gasteiger partial charge in [-0.3, -0.25) is 4.79 Å². The highest BCUT2D eigenvalue weighted by molar-refractivity contribution is 5.94. The van der Waals surface area contributed by atoms with Crippen molar-refractivity contribution in [1.82, 2.24) is 4.90 Å². The molecule has 4 nitrogen and oxygen atoms in total. The fourth-order valence-corrected chi connectivity index (χ4v) is 1.64. The van der Waals surface area contributed by atoms with Gasteiger partial charge in [-0.05, 0) is 24.6 Å². The fraction of sp³-hybridized carbons (Fsp3) is 0.400. The lowest BCUT2D eigenvalue weighted by atomic mass is 10.1. The van der Waals surface area contributed by atoms with Gasteiger partial charge in [0.15, 0.2) is 0 Å². The van der Waals surface area contributed by atoms with E-state index in [0.717, 1.165) is 12.0 Å². The Balaban J connectivity index is 2.70. The van der Waals surface area contributed by atoms with E-state index in [0.29, 0.717) is 18.7 Å². The van der Waals surface area contributed by atoms with E-state index in [1.54, 1.807) is 37.3 Å². The van der Waals surface area contributed by atoms with Gasteiger partial charge in [0.25, 0.3) is 5.91 Å². The number of hydrogen-bond donors (Lipinski definition) is 1. The van der Waals surface area contributed by atoms with Crippen molar-refractivity contribution in [3.63, 3.8) is 0 Å². The molecule has 19 heavy (non-hydrogen) atoms. The molecular weight excluding hydrogens is 242 g/mol. The van der Waals surface area contributed by atoms with Crippen LogP contribution in [0.15, 0.2) is 24.3 Å². The van der Waals surface area contributed by atoms with Crippen molar-refractivity contribution in [2.24, 2.45) is 0 Å². The molecule has 1 aromatic carbocycles. The van der Waals surface area contributed by atoms with Crippen LogP contribution in [0.25, 0.3) is 0 Å². The number of rotatable bonds is 5. The predicted molar refractivity (Wildman–Crippen MR) is 73.9 cm³/mol. The number of carbonyl (C=O) groups excluding carboxylic acids is 1. The molecule has 1 rings (SSSR count). The number of hydrogen-bond acceptors (Lipinski definition) is 3. The first-order chi connectivity index (χ1) is 9.19. The molecule has 0 fully saturated rings. The summed E-state index contributed by atoms with van der Waals surface area (Å²) < 4.78 is 4.96. The Kier molecular flexibility index (Phi) is 6.65. The highest BCUT2D eigenvalue weighted by Crippen LogP contribution is 2.07. The zero-order valence-electron chi connectivity index (χ0n) is 11.3. The van der Waals surface area contributed by atoms with Crippen LogP contribution in [0.2, 0.25) is 0 Å². The highest BCUT2D eigenvalue weighted by atomic mass is 16.5. The number of aliphatic hydroxyl groups is 1. The fourth-order valence-electron chi connectivity index (χ4n) is 1.64. The van der Waals surface area contributed by atoms with E-state index in [4.69, 9.17) is 9.84 Å². The van der Waals surface area contributed by atoms with Crippen LogP contribution >= 0.6 is 0 Å². The van der Waals surface area contributed by atoms with Crippen molar-refractivity contribution in [1.29, 1.82) is 0 Å². The van der Waals surface area contributed by atoms with Crippen molar-refractivity contribution in [3.8, 4) is 11.8 Å². The largest absolute Gasteiger partial charge is 0.385 e. The summed E-state index contributed by atoms with van der Waals surface area (Å²) in [4.78, 5) is 13.8. The summed E-state index contributed by atoms with van der Waals surface area (Å²) in [6.07, 6.45) is 0.808. The number of carbonyl (C=O) groups is 1. The van der Waals surface area contributed by atoms with Crippen LogP contribution in [0.3, 0.4) is 0 Å². The molecule has 1 aromatic rings. The number of ether oxygens (including phenoxy) is 1. The summed E-state index contributed by atoms with van der Waals surface area (Å²) in [5.74, 6) is 5.32. The van der Waals surface area contributed by atoms with Crippen molar-refractivity contribution in [3.05, 3.63) is 35.4 Å². The first kappa shape index (κ1) is 15.2. The third-order valence-corrected chi connectivity index (χ3v) is 2.61. The normalized spacial score (nSPS) is 9.63. The highest BCUT2D eigenvalue weighted by Gasteiger charge is 2.11. The van der Waals surface area contributed by atoms with Gasteiger partial charge in [-0.1, -0.05) is 17.9 Å². The Morgan fingerprint density at radius 3 is 2.95 bits per heavy atom. The zero-order valence-corrected chi connectivity index (χ0v) is 11.3. The number of benzene rings is 1. The second-order valence-corrected chi connectivity index (χ2v) is 4.11. The minimum Gasteiger partial charge on any atom is -0.385 e. The lowest BCUT2D eigenvalue weighted by Crippen LogP contribution is -2.28. The van der Waals surface area contributed by atoms with Crippen LogP contribution in [0.5, 0.6) is 0 Å². The molecule has 1 N–H and O–H groups in total. The third kappa shape index (κ3) is 5.12. The molecule has 4 heteroatoms. The molecule has 102 valence electrons. The topological polar surface area (TPSA) is 49.8 Å². The van der Waals surface area contributed by atoms with Crippen molar-refractivity contribution in [2.75, 3.05) is 33.9 Å². The van der Waals surface area contributed by atoms with Gasteiger partial charge < -0.3 is 14.7 Å². The first-order valence-corrected chi connectivity index (χ1v) is 6.13. The smallest absolute Gasteiger partial charge is 0.253 e. The van der Waals surface area contributed by atoms with E-state index >= 15 is 0 Å². The van der Waals surface area contributed by atoms with E-state index in [1.165, 1.54) is 0 Å². The Bertz CT molecular complexity index is 474. The van der Waals surface area contributed by atoms with Gasteiger partial charge in [0.2, 0.25) is 0 Å². The van der Waals surface area contributed by atoms with Crippen LogP contribution in [-0.2, 0) is 4.74 Å². The summed E-state index contributed by atoms with van der Waals surface area (Å²) in [6.45, 7) is 1.11. The van der Waals surface area contributed by atoms with E-state index in [1.807, 2.05) is 6.07 Å². The molecule has 0 saturated heterocycles. The summed E-state index contributed by atoms with van der Waals surface area (Å²) in [7, 11) is 3.41. The summed E-state index contributed by atoms with van der Waals surface area (Å²) in [5.41, 5.74) is 1.33. The Morgan fingerprint density at radius 1 is 1.47 bits per heavy atom. The van der Waals surface area contributed by atoms with Gasteiger partial charge in [0, 0.05) is 38.4 Å². The maximum Gasteiger partial charge on any atom is 0.253 e. The van der Waals surface area contributed by atoms with Gasteiger partial charge in [-0.2, -0.15) is 0 Å². The first-order valence-electron chi connectivity index (χ1n) is 6.13. The number of aliphatic hydroxyl groups excluding tert-OH is 1. The molecule has 0 heterocycles. The van der Waals surface area contributed by atoms with Gasteiger partial charge in [0.05, 0.1) is 0 Å². The van der Waals surface area contributed by atoms with Crippen LogP contribution in [-0.4, -0.2) is 49.8 Å². The van der Waals surface area contributed by atoms with E-state index < -0.39 is 0 Å². The van der Waals surface area contributed by atoms with Gasteiger partial charge in [-0.15, -0.1) is 0 Å². The minimum absolute atomic E-state index is 0.0382. The summed E-state index contributed by atoms with van der Waals surface area (Å²) in [6, 6.07) is 7.10. The average Bonchev–Trinajstić information content (AvgIpc) is 2.44. The summed E-state index contributed by atoms with van der Waals surface area (Å²) in [5, 5.41) is 8.65.